The summed E-state index contributed by atoms with van der Waals surface area (Å²) < 4.78 is 9.94. The van der Waals surface area contributed by atoms with E-state index in [-0.39, 0.29) is 19.0 Å². The zero-order chi connectivity index (χ0) is 11.8. The molecule has 0 amide bonds. The van der Waals surface area contributed by atoms with Crippen LogP contribution in [-0.4, -0.2) is 12.6 Å². The van der Waals surface area contributed by atoms with Crippen molar-refractivity contribution in [2.45, 2.75) is 6.61 Å². The highest BCUT2D eigenvalue weighted by atomic mass is 16.6. The average Bonchev–Trinajstić information content (AvgIpc) is 2.34. The Morgan fingerprint density at radius 3 is 2.56 bits per heavy atom. The number of rotatable bonds is 6. The van der Waals surface area contributed by atoms with Crippen molar-refractivity contribution in [1.82, 2.24) is 0 Å². The summed E-state index contributed by atoms with van der Waals surface area (Å²) in [4.78, 5) is 11.3. The first kappa shape index (κ1) is 12.0. The molecule has 3 nitrogen and oxygen atoms in total. The summed E-state index contributed by atoms with van der Waals surface area (Å²) in [6.45, 7) is 7.39. The van der Waals surface area contributed by atoms with Gasteiger partial charge in [-0.05, 0) is 12.1 Å². The van der Waals surface area contributed by atoms with Crippen LogP contribution in [0.1, 0.15) is 5.56 Å². The lowest BCUT2D eigenvalue weighted by molar-refractivity contribution is -0.144. The summed E-state index contributed by atoms with van der Waals surface area (Å²) in [6.07, 6.45) is 1.54. The molecule has 84 valence electrons. The number of carbonyl (C=O) groups is 1. The van der Waals surface area contributed by atoms with Gasteiger partial charge in [0.25, 0.3) is 0 Å². The Balaban J connectivity index is 2.35. The minimum absolute atomic E-state index is 0.00386. The van der Waals surface area contributed by atoms with Crippen LogP contribution in [0.25, 0.3) is 0 Å². The molecule has 0 N–H and O–H groups in total. The molecule has 16 heavy (non-hydrogen) atoms. The quantitative estimate of drug-likeness (QED) is 0.318. The van der Waals surface area contributed by atoms with E-state index in [0.29, 0.717) is 0 Å². The lowest BCUT2D eigenvalue weighted by atomic mass is 10.2. The molecule has 0 saturated heterocycles. The van der Waals surface area contributed by atoms with E-state index < -0.39 is 5.97 Å². The second-order valence-electron chi connectivity index (χ2n) is 3.08. The van der Waals surface area contributed by atoms with Crippen molar-refractivity contribution in [3.8, 4) is 0 Å². The van der Waals surface area contributed by atoms with E-state index in [9.17, 15) is 4.79 Å². The fourth-order valence-corrected chi connectivity index (χ4v) is 1.02. The molecule has 0 fully saturated rings. The maximum absolute atomic E-state index is 11.3. The first-order valence-corrected chi connectivity index (χ1v) is 4.87. The van der Waals surface area contributed by atoms with Crippen LogP contribution in [0.3, 0.4) is 0 Å². The van der Waals surface area contributed by atoms with Gasteiger partial charge in [0.2, 0.25) is 0 Å². The highest BCUT2D eigenvalue weighted by Crippen LogP contribution is 2.04. The molecule has 1 rings (SSSR count). The second-order valence-corrected chi connectivity index (χ2v) is 3.08. The summed E-state index contributed by atoms with van der Waals surface area (Å²) >= 11 is 0. The molecule has 3 heteroatoms. The Morgan fingerprint density at radius 1 is 1.25 bits per heavy atom. The van der Waals surface area contributed by atoms with Crippen molar-refractivity contribution in [3.05, 3.63) is 60.9 Å². The molecule has 0 aliphatic carbocycles. The lowest BCUT2D eigenvalue weighted by Gasteiger charge is -2.07. The summed E-state index contributed by atoms with van der Waals surface area (Å²) in [5.74, 6) is -0.554. The van der Waals surface area contributed by atoms with Crippen molar-refractivity contribution in [1.29, 1.82) is 0 Å². The van der Waals surface area contributed by atoms with Gasteiger partial charge in [0.15, 0.2) is 5.76 Å². The fourth-order valence-electron chi connectivity index (χ4n) is 1.02. The van der Waals surface area contributed by atoms with Crippen molar-refractivity contribution in [2.24, 2.45) is 0 Å². The summed E-state index contributed by atoms with van der Waals surface area (Å²) in [5, 5.41) is 0. The van der Waals surface area contributed by atoms with Gasteiger partial charge in [-0.25, -0.2) is 4.79 Å². The van der Waals surface area contributed by atoms with Crippen LogP contribution in [0.4, 0.5) is 0 Å². The Kier molecular flexibility index (Phi) is 4.86. The van der Waals surface area contributed by atoms with Gasteiger partial charge in [-0.2, -0.15) is 0 Å². The monoisotopic (exact) mass is 218 g/mol. The molecular formula is C13H14O3. The standard InChI is InChI=1S/C13H14O3/c1-3-9-15-11(2)13(14)16-10-12-7-5-4-6-8-12/h3-8H,1-2,9-10H2. The van der Waals surface area contributed by atoms with Crippen molar-refractivity contribution < 1.29 is 14.3 Å². The molecule has 0 unspecified atom stereocenters. The number of carbonyl (C=O) groups excluding carboxylic acids is 1. The van der Waals surface area contributed by atoms with E-state index in [2.05, 4.69) is 13.2 Å². The maximum Gasteiger partial charge on any atom is 0.373 e. The number of hydrogen-bond donors (Lipinski definition) is 0. The zero-order valence-corrected chi connectivity index (χ0v) is 9.02. The summed E-state index contributed by atoms with van der Waals surface area (Å²) in [6, 6.07) is 9.41. The van der Waals surface area contributed by atoms with E-state index in [4.69, 9.17) is 9.47 Å². The van der Waals surface area contributed by atoms with Gasteiger partial charge in [0.05, 0.1) is 0 Å². The van der Waals surface area contributed by atoms with Crippen LogP contribution in [0.5, 0.6) is 0 Å². The van der Waals surface area contributed by atoms with Gasteiger partial charge < -0.3 is 9.47 Å². The van der Waals surface area contributed by atoms with Crippen molar-refractivity contribution >= 4 is 5.97 Å². The van der Waals surface area contributed by atoms with Crippen molar-refractivity contribution in [2.75, 3.05) is 6.61 Å². The number of hydrogen-bond acceptors (Lipinski definition) is 3. The number of benzene rings is 1. The van der Waals surface area contributed by atoms with Crippen LogP contribution in [-0.2, 0) is 20.9 Å². The topological polar surface area (TPSA) is 35.5 Å². The molecular weight excluding hydrogens is 204 g/mol. The van der Waals surface area contributed by atoms with Crippen LogP contribution < -0.4 is 0 Å². The van der Waals surface area contributed by atoms with Crippen LogP contribution in [0.15, 0.2) is 55.3 Å². The van der Waals surface area contributed by atoms with Crippen LogP contribution >= 0.6 is 0 Å². The molecule has 0 radical (unpaired) electrons. The Morgan fingerprint density at radius 2 is 1.94 bits per heavy atom. The van der Waals surface area contributed by atoms with E-state index in [1.54, 1.807) is 0 Å². The van der Waals surface area contributed by atoms with Crippen molar-refractivity contribution in [3.63, 3.8) is 0 Å². The molecule has 0 aliphatic rings. The highest BCUT2D eigenvalue weighted by Gasteiger charge is 2.09. The molecule has 0 saturated carbocycles. The lowest BCUT2D eigenvalue weighted by Crippen LogP contribution is -2.09. The molecule has 0 spiro atoms. The van der Waals surface area contributed by atoms with E-state index in [1.165, 1.54) is 6.08 Å². The zero-order valence-electron chi connectivity index (χ0n) is 9.02. The van der Waals surface area contributed by atoms with E-state index in [1.807, 2.05) is 30.3 Å². The number of ether oxygens (including phenoxy) is 2. The Labute approximate surface area is 95.0 Å². The van der Waals surface area contributed by atoms with Gasteiger partial charge in [-0.1, -0.05) is 43.0 Å². The first-order valence-electron chi connectivity index (χ1n) is 4.87. The third kappa shape index (κ3) is 4.00. The van der Waals surface area contributed by atoms with Gasteiger partial charge in [0, 0.05) is 0 Å². The largest absolute Gasteiger partial charge is 0.483 e. The van der Waals surface area contributed by atoms with E-state index in [0.717, 1.165) is 5.56 Å². The van der Waals surface area contributed by atoms with Gasteiger partial charge in [0.1, 0.15) is 13.2 Å². The maximum atomic E-state index is 11.3. The predicted octanol–water partition coefficient (Wildman–Crippen LogP) is 2.45. The minimum atomic E-state index is -0.550. The van der Waals surface area contributed by atoms with E-state index >= 15 is 0 Å². The third-order valence-corrected chi connectivity index (χ3v) is 1.82. The molecule has 0 atom stereocenters. The average molecular weight is 218 g/mol. The molecule has 0 aliphatic heterocycles. The highest BCUT2D eigenvalue weighted by molar-refractivity contribution is 5.85. The molecule has 0 heterocycles. The summed E-state index contributed by atoms with van der Waals surface area (Å²) in [5.41, 5.74) is 0.923. The molecule has 0 bridgehead atoms. The third-order valence-electron chi connectivity index (χ3n) is 1.82. The predicted molar refractivity (Wildman–Crippen MR) is 61.5 cm³/mol. The number of esters is 1. The van der Waals surface area contributed by atoms with Gasteiger partial charge in [-0.15, -0.1) is 0 Å². The smallest absolute Gasteiger partial charge is 0.373 e. The molecule has 1 aromatic carbocycles. The Bertz CT molecular complexity index is 368. The fraction of sp³-hybridized carbons (Fsp3) is 0.154. The van der Waals surface area contributed by atoms with Crippen LogP contribution in [0, 0.1) is 0 Å². The molecule has 0 aromatic heterocycles. The first-order chi connectivity index (χ1) is 7.74. The van der Waals surface area contributed by atoms with Gasteiger partial charge in [-0.3, -0.25) is 0 Å². The second kappa shape index (κ2) is 6.45. The summed E-state index contributed by atoms with van der Waals surface area (Å²) in [7, 11) is 0. The normalized spacial score (nSPS) is 9.25. The Hall–Kier alpha value is -2.03. The SMILES string of the molecule is C=CCOC(=C)C(=O)OCc1ccccc1. The van der Waals surface area contributed by atoms with Crippen LogP contribution in [0.2, 0.25) is 0 Å². The minimum Gasteiger partial charge on any atom is -0.483 e. The van der Waals surface area contributed by atoms with Gasteiger partial charge >= 0.3 is 5.97 Å². The molecule has 1 aromatic rings.